The summed E-state index contributed by atoms with van der Waals surface area (Å²) in [6, 6.07) is 13.5. The van der Waals surface area contributed by atoms with Crippen molar-refractivity contribution in [2.45, 2.75) is 70.8 Å². The molecule has 0 radical (unpaired) electrons. The van der Waals surface area contributed by atoms with Gasteiger partial charge in [-0.2, -0.15) is 5.10 Å². The molecule has 5 nitrogen and oxygen atoms in total. The number of hydrogen-bond acceptors (Lipinski definition) is 3. The van der Waals surface area contributed by atoms with Gasteiger partial charge in [0.05, 0.1) is 16.4 Å². The SMILES string of the molecule is Cc1c(C(=O)NCCCCCCNC2C3CC4CC(C3)CC2C4)nn(-c2ccc(Cl)cc2Cl)c1-c1ccc(Cl)cc1. The Morgan fingerprint density at radius 2 is 1.49 bits per heavy atom. The zero-order valence-corrected chi connectivity index (χ0v) is 25.9. The second-order valence-corrected chi connectivity index (χ2v) is 13.7. The highest BCUT2D eigenvalue weighted by atomic mass is 35.5. The predicted molar refractivity (Wildman–Crippen MR) is 168 cm³/mol. The maximum Gasteiger partial charge on any atom is 0.272 e. The minimum absolute atomic E-state index is 0.176. The van der Waals surface area contributed by atoms with Gasteiger partial charge in [0, 0.05) is 33.8 Å². The number of carbonyl (C=O) groups excluding carboxylic acids is 1. The maximum absolute atomic E-state index is 13.2. The van der Waals surface area contributed by atoms with Crippen molar-refractivity contribution >= 4 is 40.7 Å². The van der Waals surface area contributed by atoms with Crippen molar-refractivity contribution in [2.24, 2.45) is 23.7 Å². The fourth-order valence-corrected chi connectivity index (χ4v) is 8.52. The number of carbonyl (C=O) groups is 1. The van der Waals surface area contributed by atoms with Crippen molar-refractivity contribution in [3.05, 3.63) is 68.8 Å². The van der Waals surface area contributed by atoms with Crippen LogP contribution in [0.3, 0.4) is 0 Å². The van der Waals surface area contributed by atoms with E-state index in [-0.39, 0.29) is 5.91 Å². The Hall–Kier alpha value is -2.05. The van der Waals surface area contributed by atoms with E-state index in [1.807, 2.05) is 37.3 Å². The number of rotatable bonds is 11. The first kappa shape index (κ1) is 29.0. The zero-order valence-electron chi connectivity index (χ0n) is 23.6. The summed E-state index contributed by atoms with van der Waals surface area (Å²) in [5, 5.41) is 13.4. The molecule has 4 saturated carbocycles. The molecule has 0 atom stereocenters. The van der Waals surface area contributed by atoms with E-state index in [4.69, 9.17) is 39.9 Å². The first-order valence-corrected chi connectivity index (χ1v) is 16.3. The fraction of sp³-hybridized carbons (Fsp3) is 0.515. The number of unbranched alkanes of at least 4 members (excludes halogenated alkanes) is 3. The Labute approximate surface area is 258 Å². The van der Waals surface area contributed by atoms with Gasteiger partial charge in [-0.1, -0.05) is 59.8 Å². The fourth-order valence-electron chi connectivity index (χ4n) is 7.90. The Morgan fingerprint density at radius 1 is 0.854 bits per heavy atom. The summed E-state index contributed by atoms with van der Waals surface area (Å²) in [6.45, 7) is 3.67. The van der Waals surface area contributed by atoms with Crippen LogP contribution in [0.15, 0.2) is 42.5 Å². The maximum atomic E-state index is 13.2. The standard InChI is InChI=1S/C33H39Cl3N4O/c1-20-30(39-40(29-11-10-27(35)19-28(29)36)32(20)23-6-8-26(34)9-7-23)33(41)38-13-5-3-2-4-12-37-31-24-15-21-14-22(17-24)18-25(31)16-21/h6-11,19,21-22,24-25,31,37H,2-5,12-18H2,1H3,(H,38,41). The zero-order chi connectivity index (χ0) is 28.5. The van der Waals surface area contributed by atoms with Crippen LogP contribution in [-0.2, 0) is 0 Å². The summed E-state index contributed by atoms with van der Waals surface area (Å²) in [4.78, 5) is 13.2. The number of hydrogen-bond donors (Lipinski definition) is 2. The van der Waals surface area contributed by atoms with Crippen molar-refractivity contribution < 1.29 is 4.79 Å². The van der Waals surface area contributed by atoms with Crippen LogP contribution in [0.1, 0.15) is 73.8 Å². The van der Waals surface area contributed by atoms with Gasteiger partial charge in [-0.05, 0) is 112 Å². The van der Waals surface area contributed by atoms with Crippen LogP contribution in [0.5, 0.6) is 0 Å². The van der Waals surface area contributed by atoms with Crippen molar-refractivity contribution in [2.75, 3.05) is 13.1 Å². The average Bonchev–Trinajstić information content (AvgIpc) is 3.28. The minimum Gasteiger partial charge on any atom is -0.351 e. The normalized spacial score (nSPS) is 24.6. The number of halogens is 3. The van der Waals surface area contributed by atoms with E-state index in [9.17, 15) is 4.79 Å². The number of aromatic nitrogens is 2. The van der Waals surface area contributed by atoms with Gasteiger partial charge in [-0.15, -0.1) is 0 Å². The van der Waals surface area contributed by atoms with Crippen LogP contribution in [-0.4, -0.2) is 34.8 Å². The number of nitrogens with zero attached hydrogens (tertiary/aromatic N) is 2. The van der Waals surface area contributed by atoms with Gasteiger partial charge in [-0.25, -0.2) is 4.68 Å². The lowest BCUT2D eigenvalue weighted by Crippen LogP contribution is -2.54. The monoisotopic (exact) mass is 612 g/mol. The van der Waals surface area contributed by atoms with E-state index in [0.717, 1.165) is 65.9 Å². The van der Waals surface area contributed by atoms with Crippen LogP contribution < -0.4 is 10.6 Å². The van der Waals surface area contributed by atoms with E-state index in [0.29, 0.717) is 33.0 Å². The molecular weight excluding hydrogens is 575 g/mol. The minimum atomic E-state index is -0.176. The van der Waals surface area contributed by atoms with Crippen LogP contribution in [0.25, 0.3) is 16.9 Å². The second-order valence-electron chi connectivity index (χ2n) is 12.4. The van der Waals surface area contributed by atoms with Gasteiger partial charge < -0.3 is 10.6 Å². The summed E-state index contributed by atoms with van der Waals surface area (Å²) in [5.41, 5.74) is 3.52. The molecule has 218 valence electrons. The van der Waals surface area contributed by atoms with E-state index in [1.54, 1.807) is 16.8 Å². The van der Waals surface area contributed by atoms with E-state index in [2.05, 4.69) is 10.6 Å². The first-order chi connectivity index (χ1) is 19.9. The molecule has 0 spiro atoms. The Bertz CT molecular complexity index is 1360. The third-order valence-electron chi connectivity index (χ3n) is 9.59. The Morgan fingerprint density at radius 3 is 2.15 bits per heavy atom. The summed E-state index contributed by atoms with van der Waals surface area (Å²) in [5.74, 6) is 3.75. The topological polar surface area (TPSA) is 59.0 Å². The Balaban J connectivity index is 1.02. The highest BCUT2D eigenvalue weighted by molar-refractivity contribution is 6.35. The van der Waals surface area contributed by atoms with Crippen LogP contribution in [0.2, 0.25) is 15.1 Å². The van der Waals surface area contributed by atoms with Gasteiger partial charge in [0.2, 0.25) is 0 Å². The van der Waals surface area contributed by atoms with Gasteiger partial charge in [0.1, 0.15) is 0 Å². The third-order valence-corrected chi connectivity index (χ3v) is 10.4. The molecule has 1 amide bonds. The highest BCUT2D eigenvalue weighted by Gasteiger charge is 2.47. The smallest absolute Gasteiger partial charge is 0.272 e. The molecule has 4 aliphatic rings. The molecule has 0 unspecified atom stereocenters. The molecule has 1 aromatic heterocycles. The molecule has 2 aromatic carbocycles. The average molecular weight is 614 g/mol. The molecule has 2 N–H and O–H groups in total. The molecule has 3 aromatic rings. The van der Waals surface area contributed by atoms with Crippen molar-refractivity contribution in [1.29, 1.82) is 0 Å². The number of amides is 1. The third kappa shape index (κ3) is 6.34. The molecule has 4 bridgehead atoms. The van der Waals surface area contributed by atoms with Crippen LogP contribution in [0.4, 0.5) is 0 Å². The Kier molecular flexibility index (Phi) is 8.97. The first-order valence-electron chi connectivity index (χ1n) is 15.2. The van der Waals surface area contributed by atoms with Gasteiger partial charge in [0.15, 0.2) is 5.69 Å². The molecule has 4 aliphatic carbocycles. The van der Waals surface area contributed by atoms with Gasteiger partial charge in [-0.3, -0.25) is 4.79 Å². The predicted octanol–water partition coefficient (Wildman–Crippen LogP) is 8.51. The van der Waals surface area contributed by atoms with E-state index < -0.39 is 0 Å². The van der Waals surface area contributed by atoms with Crippen molar-refractivity contribution in [3.8, 4) is 16.9 Å². The van der Waals surface area contributed by atoms with Crippen molar-refractivity contribution in [1.82, 2.24) is 20.4 Å². The number of benzene rings is 2. The summed E-state index contributed by atoms with van der Waals surface area (Å²) in [6.07, 6.45) is 11.8. The van der Waals surface area contributed by atoms with Gasteiger partial charge >= 0.3 is 0 Å². The largest absolute Gasteiger partial charge is 0.351 e. The summed E-state index contributed by atoms with van der Waals surface area (Å²) in [7, 11) is 0. The molecule has 0 aliphatic heterocycles. The highest BCUT2D eigenvalue weighted by Crippen LogP contribution is 2.53. The molecule has 41 heavy (non-hydrogen) atoms. The summed E-state index contributed by atoms with van der Waals surface area (Å²) >= 11 is 18.8. The quantitative estimate of drug-likeness (QED) is 0.213. The molecule has 7 rings (SSSR count). The van der Waals surface area contributed by atoms with Crippen LogP contribution >= 0.6 is 34.8 Å². The van der Waals surface area contributed by atoms with Crippen molar-refractivity contribution in [3.63, 3.8) is 0 Å². The number of nitrogens with one attached hydrogen (secondary N) is 2. The lowest BCUT2D eigenvalue weighted by Gasteiger charge is -2.54. The molecule has 4 fully saturated rings. The van der Waals surface area contributed by atoms with E-state index in [1.165, 1.54) is 44.9 Å². The molecule has 0 saturated heterocycles. The van der Waals surface area contributed by atoms with E-state index >= 15 is 0 Å². The molecule has 8 heteroatoms. The lowest BCUT2D eigenvalue weighted by molar-refractivity contribution is -0.0135. The molecule has 1 heterocycles. The molecular formula is C33H39Cl3N4O. The second kappa shape index (κ2) is 12.7. The van der Waals surface area contributed by atoms with Gasteiger partial charge in [0.25, 0.3) is 5.91 Å². The summed E-state index contributed by atoms with van der Waals surface area (Å²) < 4.78 is 1.72. The lowest BCUT2D eigenvalue weighted by atomic mass is 9.54. The van der Waals surface area contributed by atoms with Crippen LogP contribution in [0, 0.1) is 30.6 Å².